The van der Waals surface area contributed by atoms with Crippen molar-refractivity contribution >= 4 is 22.4 Å². The summed E-state index contributed by atoms with van der Waals surface area (Å²) in [6.45, 7) is 9.11. The molecule has 3 aromatic rings. The zero-order valence-electron chi connectivity index (χ0n) is 19.6. The molecule has 0 saturated carbocycles. The molecule has 0 aliphatic heterocycles. The molecule has 0 aliphatic rings. The second kappa shape index (κ2) is 10.6. The molecule has 0 spiro atoms. The zero-order chi connectivity index (χ0) is 24.0. The first-order valence-corrected chi connectivity index (χ1v) is 11.0. The van der Waals surface area contributed by atoms with Gasteiger partial charge in [-0.1, -0.05) is 0 Å². The van der Waals surface area contributed by atoms with Crippen LogP contribution in [0.5, 0.6) is 0 Å². The van der Waals surface area contributed by atoms with Crippen molar-refractivity contribution < 1.29 is 9.50 Å². The van der Waals surface area contributed by atoms with Gasteiger partial charge in [0.15, 0.2) is 0 Å². The third-order valence-electron chi connectivity index (χ3n) is 5.55. The zero-order valence-corrected chi connectivity index (χ0v) is 19.6. The Morgan fingerprint density at radius 3 is 2.61 bits per heavy atom. The van der Waals surface area contributed by atoms with Crippen LogP contribution in [0.3, 0.4) is 0 Å². The van der Waals surface area contributed by atoms with Crippen molar-refractivity contribution in [2.24, 2.45) is 5.41 Å². The molecule has 0 atom stereocenters. The number of benzene rings is 1. The summed E-state index contributed by atoms with van der Waals surface area (Å²) in [6, 6.07) is 9.49. The maximum Gasteiger partial charge on any atom is 0.146 e. The monoisotopic (exact) mass is 450 g/mol. The molecule has 0 aliphatic carbocycles. The number of fused-ring (bicyclic) bond motifs is 1. The van der Waals surface area contributed by atoms with E-state index in [1.807, 2.05) is 45.9 Å². The minimum Gasteiger partial charge on any atom is -0.395 e. The first kappa shape index (κ1) is 24.4. The molecule has 0 unspecified atom stereocenters. The van der Waals surface area contributed by atoms with Gasteiger partial charge in [-0.15, -0.1) is 0 Å². The van der Waals surface area contributed by atoms with Crippen LogP contribution in [0.1, 0.15) is 31.5 Å². The summed E-state index contributed by atoms with van der Waals surface area (Å²) < 4.78 is 14.6. The summed E-state index contributed by atoms with van der Waals surface area (Å²) >= 11 is 0. The summed E-state index contributed by atoms with van der Waals surface area (Å²) in [5.41, 5.74) is 4.29. The number of aromatic nitrogens is 2. The normalized spacial score (nSPS) is 11.4. The van der Waals surface area contributed by atoms with Crippen molar-refractivity contribution in [3.8, 4) is 17.2 Å². The van der Waals surface area contributed by atoms with E-state index < -0.39 is 0 Å². The highest BCUT2D eigenvalue weighted by atomic mass is 19.1. The summed E-state index contributed by atoms with van der Waals surface area (Å²) in [4.78, 5) is 9.12. The topological polar surface area (TPSA) is 106 Å². The van der Waals surface area contributed by atoms with Gasteiger partial charge >= 0.3 is 0 Å². The second-order valence-electron chi connectivity index (χ2n) is 8.78. The van der Waals surface area contributed by atoms with E-state index >= 15 is 0 Å². The third kappa shape index (κ3) is 6.15. The van der Waals surface area contributed by atoms with Gasteiger partial charge in [0.2, 0.25) is 0 Å². The quantitative estimate of drug-likeness (QED) is 0.269. The number of rotatable bonds is 10. The molecule has 2 heterocycles. The van der Waals surface area contributed by atoms with E-state index in [0.717, 1.165) is 33.3 Å². The molecule has 8 heteroatoms. The Morgan fingerprint density at radius 1 is 1.09 bits per heavy atom. The minimum absolute atomic E-state index is 0.0265. The van der Waals surface area contributed by atoms with Crippen LogP contribution in [0.15, 0.2) is 30.5 Å². The standard InChI is InChI=1S/C25H31FN6O/c1-16-9-21(26)23(31-15-28-6-5-25(3,4)14-27)11-19(16)20-10-18-13-30-24(29-7-8-33)12-22(18)32-17(20)2/h9-13,28,31,33H,5-8,15H2,1-4H3,(H,29,30). The first-order chi connectivity index (χ1) is 15.7. The molecule has 3 rings (SSSR count). The van der Waals surface area contributed by atoms with Gasteiger partial charge in [0.1, 0.15) is 11.6 Å². The molecule has 7 nitrogen and oxygen atoms in total. The lowest BCUT2D eigenvalue weighted by Crippen LogP contribution is -2.26. The summed E-state index contributed by atoms with van der Waals surface area (Å²) in [5.74, 6) is 0.342. The lowest BCUT2D eigenvalue weighted by Gasteiger charge is -2.17. The Bertz CT molecular complexity index is 1170. The van der Waals surface area contributed by atoms with Crippen molar-refractivity contribution in [1.29, 1.82) is 5.26 Å². The number of hydrogen-bond donors (Lipinski definition) is 4. The van der Waals surface area contributed by atoms with E-state index in [1.165, 1.54) is 6.07 Å². The van der Waals surface area contributed by atoms with Crippen LogP contribution in [0.2, 0.25) is 0 Å². The minimum atomic E-state index is -0.388. The third-order valence-corrected chi connectivity index (χ3v) is 5.55. The van der Waals surface area contributed by atoms with Gasteiger partial charge in [0.05, 0.1) is 36.0 Å². The summed E-state index contributed by atoms with van der Waals surface area (Å²) in [5, 5.41) is 28.3. The van der Waals surface area contributed by atoms with Gasteiger partial charge in [-0.2, -0.15) is 5.26 Å². The molecule has 33 heavy (non-hydrogen) atoms. The number of nitriles is 1. The molecule has 0 bridgehead atoms. The fraction of sp³-hybridized carbons (Fsp3) is 0.400. The number of pyridine rings is 2. The van der Waals surface area contributed by atoms with Crippen molar-refractivity contribution in [2.45, 2.75) is 34.1 Å². The molecule has 0 amide bonds. The molecule has 1 aromatic carbocycles. The fourth-order valence-corrected chi connectivity index (χ4v) is 3.52. The van der Waals surface area contributed by atoms with E-state index in [9.17, 15) is 4.39 Å². The molecular weight excluding hydrogens is 419 g/mol. The van der Waals surface area contributed by atoms with E-state index in [-0.39, 0.29) is 17.8 Å². The number of hydrogen-bond acceptors (Lipinski definition) is 7. The van der Waals surface area contributed by atoms with Crippen molar-refractivity contribution in [2.75, 3.05) is 37.0 Å². The number of nitrogens with one attached hydrogen (secondary N) is 3. The van der Waals surface area contributed by atoms with Gasteiger partial charge < -0.3 is 21.1 Å². The fourth-order valence-electron chi connectivity index (χ4n) is 3.52. The van der Waals surface area contributed by atoms with E-state index in [2.05, 4.69) is 27.0 Å². The summed E-state index contributed by atoms with van der Waals surface area (Å²) in [6.07, 6.45) is 2.45. The summed E-state index contributed by atoms with van der Waals surface area (Å²) in [7, 11) is 0. The molecule has 0 fully saturated rings. The van der Waals surface area contributed by atoms with E-state index in [0.29, 0.717) is 37.7 Å². The maximum atomic E-state index is 14.6. The van der Waals surface area contributed by atoms with Crippen LogP contribution in [0, 0.1) is 36.4 Å². The second-order valence-corrected chi connectivity index (χ2v) is 8.78. The largest absolute Gasteiger partial charge is 0.395 e. The average Bonchev–Trinajstić information content (AvgIpc) is 2.78. The maximum absolute atomic E-state index is 14.6. The van der Waals surface area contributed by atoms with Crippen LogP contribution >= 0.6 is 0 Å². The predicted molar refractivity (Wildman–Crippen MR) is 130 cm³/mol. The number of aliphatic hydroxyl groups excluding tert-OH is 1. The van der Waals surface area contributed by atoms with Crippen LogP contribution in [0.25, 0.3) is 22.0 Å². The Balaban J connectivity index is 1.81. The molecule has 0 radical (unpaired) electrons. The van der Waals surface area contributed by atoms with E-state index in [4.69, 9.17) is 15.4 Å². The van der Waals surface area contributed by atoms with Gasteiger partial charge in [0, 0.05) is 35.5 Å². The van der Waals surface area contributed by atoms with Gasteiger partial charge in [-0.05, 0) is 70.0 Å². The lowest BCUT2D eigenvalue weighted by molar-refractivity contribution is 0.311. The number of nitrogens with zero attached hydrogens (tertiary/aromatic N) is 3. The van der Waals surface area contributed by atoms with Crippen molar-refractivity contribution in [3.05, 3.63) is 47.5 Å². The Kier molecular flexibility index (Phi) is 7.79. The molecule has 2 aromatic heterocycles. The van der Waals surface area contributed by atoms with Gasteiger partial charge in [-0.25, -0.2) is 9.37 Å². The molecule has 174 valence electrons. The van der Waals surface area contributed by atoms with Crippen LogP contribution in [-0.4, -0.2) is 41.4 Å². The Labute approximate surface area is 194 Å². The molecular formula is C25H31FN6O. The lowest BCUT2D eigenvalue weighted by atomic mass is 9.92. The van der Waals surface area contributed by atoms with E-state index in [1.54, 1.807) is 6.20 Å². The molecule has 4 N–H and O–H groups in total. The number of anilines is 2. The van der Waals surface area contributed by atoms with Gasteiger partial charge in [-0.3, -0.25) is 4.98 Å². The van der Waals surface area contributed by atoms with Crippen molar-refractivity contribution in [1.82, 2.24) is 15.3 Å². The van der Waals surface area contributed by atoms with Crippen LogP contribution in [0.4, 0.5) is 15.9 Å². The number of aryl methyl sites for hydroxylation is 2. The smallest absolute Gasteiger partial charge is 0.146 e. The highest BCUT2D eigenvalue weighted by Gasteiger charge is 2.16. The Hall–Kier alpha value is -3.28. The number of aliphatic hydroxyl groups is 1. The predicted octanol–water partition coefficient (Wildman–Crippen LogP) is 4.36. The Morgan fingerprint density at radius 2 is 1.88 bits per heavy atom. The van der Waals surface area contributed by atoms with Crippen molar-refractivity contribution in [3.63, 3.8) is 0 Å². The highest BCUT2D eigenvalue weighted by molar-refractivity contribution is 5.87. The first-order valence-electron chi connectivity index (χ1n) is 11.0. The SMILES string of the molecule is Cc1cc(F)c(NCNCCC(C)(C)C#N)cc1-c1cc2cnc(NCCO)cc2nc1C. The van der Waals surface area contributed by atoms with Crippen LogP contribution in [-0.2, 0) is 0 Å². The average molecular weight is 451 g/mol. The number of halogens is 1. The highest BCUT2D eigenvalue weighted by Crippen LogP contribution is 2.32. The molecule has 0 saturated heterocycles. The van der Waals surface area contributed by atoms with Gasteiger partial charge in [0.25, 0.3) is 0 Å². The van der Waals surface area contributed by atoms with Crippen LogP contribution < -0.4 is 16.0 Å².